The summed E-state index contributed by atoms with van der Waals surface area (Å²) in [7, 11) is 0. The number of carbonyl (C=O) groups excluding carboxylic acids is 1. The maximum Gasteiger partial charge on any atom is 0.159 e. The van der Waals surface area contributed by atoms with Gasteiger partial charge in [0.15, 0.2) is 11.9 Å². The summed E-state index contributed by atoms with van der Waals surface area (Å²) in [6.45, 7) is 1.47. The van der Waals surface area contributed by atoms with E-state index in [0.29, 0.717) is 16.8 Å². The number of nitrogens with zero attached hydrogens (tertiary/aromatic N) is 1. The highest BCUT2D eigenvalue weighted by molar-refractivity contribution is 5.95. The quantitative estimate of drug-likeness (QED) is 0.407. The first-order chi connectivity index (χ1) is 6.65. The zero-order valence-electron chi connectivity index (χ0n) is 7.66. The van der Waals surface area contributed by atoms with E-state index in [0.717, 1.165) is 0 Å². The number of rotatable bonds is 1. The maximum absolute atomic E-state index is 11.0. The average molecular weight is 184 g/mol. The number of benzene rings is 1. The first-order valence-electron chi connectivity index (χ1n) is 3.95. The minimum Gasteiger partial charge on any atom is -0.398 e. The van der Waals surface area contributed by atoms with Crippen molar-refractivity contribution >= 4 is 11.5 Å². The van der Waals surface area contributed by atoms with Gasteiger partial charge in [-0.2, -0.15) is 5.26 Å². The smallest absolute Gasteiger partial charge is 0.159 e. The zero-order valence-corrected chi connectivity index (χ0v) is 7.66. The Hall–Kier alpha value is -2.26. The average Bonchev–Trinajstić information content (AvgIpc) is 2.15. The molecule has 0 atom stereocenters. The maximum atomic E-state index is 11.0. The molecule has 0 aliphatic rings. The predicted molar refractivity (Wildman–Crippen MR) is 53.3 cm³/mol. The molecule has 0 aromatic heterocycles. The Kier molecular flexibility index (Phi) is 2.89. The molecule has 0 spiro atoms. The third kappa shape index (κ3) is 2.12. The van der Waals surface area contributed by atoms with Gasteiger partial charge in [-0.3, -0.25) is 4.79 Å². The van der Waals surface area contributed by atoms with E-state index >= 15 is 0 Å². The number of nitrogens with two attached hydrogens (primary N) is 1. The van der Waals surface area contributed by atoms with Crippen molar-refractivity contribution < 1.29 is 4.79 Å². The van der Waals surface area contributed by atoms with E-state index in [9.17, 15) is 4.79 Å². The van der Waals surface area contributed by atoms with Gasteiger partial charge in [-0.05, 0) is 25.0 Å². The van der Waals surface area contributed by atoms with Crippen molar-refractivity contribution in [1.82, 2.24) is 0 Å². The van der Waals surface area contributed by atoms with Crippen molar-refractivity contribution in [3.05, 3.63) is 29.3 Å². The molecule has 0 radical (unpaired) electrons. The summed E-state index contributed by atoms with van der Waals surface area (Å²) in [5.74, 6) is 4.78. The molecule has 1 aromatic carbocycles. The van der Waals surface area contributed by atoms with Crippen LogP contribution in [0.2, 0.25) is 0 Å². The van der Waals surface area contributed by atoms with Gasteiger partial charge in [0.05, 0.1) is 0 Å². The lowest BCUT2D eigenvalue weighted by Crippen LogP contribution is -1.96. The van der Waals surface area contributed by atoms with E-state index in [1.165, 1.54) is 6.92 Å². The summed E-state index contributed by atoms with van der Waals surface area (Å²) in [6.07, 6.45) is 0. The van der Waals surface area contributed by atoms with Crippen LogP contribution in [-0.2, 0) is 0 Å². The molecule has 0 saturated carbocycles. The predicted octanol–water partition coefficient (Wildman–Crippen LogP) is 1.35. The minimum atomic E-state index is -0.0449. The molecular weight excluding hydrogens is 176 g/mol. The monoisotopic (exact) mass is 184 g/mol. The summed E-state index contributed by atoms with van der Waals surface area (Å²) in [5, 5.41) is 8.24. The molecule has 0 amide bonds. The lowest BCUT2D eigenvalue weighted by atomic mass is 10.1. The van der Waals surface area contributed by atoms with Gasteiger partial charge in [0.25, 0.3) is 0 Å². The summed E-state index contributed by atoms with van der Waals surface area (Å²) >= 11 is 0. The van der Waals surface area contributed by atoms with Crippen LogP contribution in [-0.4, -0.2) is 5.78 Å². The van der Waals surface area contributed by atoms with Crippen LogP contribution in [0, 0.1) is 23.2 Å². The summed E-state index contributed by atoms with van der Waals surface area (Å²) in [5.41, 5.74) is 7.17. The van der Waals surface area contributed by atoms with Gasteiger partial charge in [0, 0.05) is 22.7 Å². The fourth-order valence-corrected chi connectivity index (χ4v) is 0.991. The number of nitrogen functional groups attached to an aromatic ring is 1. The molecule has 68 valence electrons. The van der Waals surface area contributed by atoms with Gasteiger partial charge < -0.3 is 5.73 Å². The number of ketones is 1. The Labute approximate surface area is 82.1 Å². The van der Waals surface area contributed by atoms with Crippen LogP contribution in [0.5, 0.6) is 0 Å². The number of carbonyl (C=O) groups is 1. The molecule has 1 rings (SSSR count). The van der Waals surface area contributed by atoms with E-state index in [1.807, 2.05) is 0 Å². The van der Waals surface area contributed by atoms with E-state index < -0.39 is 0 Å². The number of anilines is 1. The third-order valence-electron chi connectivity index (χ3n) is 1.71. The molecule has 0 bridgehead atoms. The van der Waals surface area contributed by atoms with Crippen LogP contribution in [0.25, 0.3) is 0 Å². The first kappa shape index (κ1) is 9.83. The van der Waals surface area contributed by atoms with Gasteiger partial charge in [-0.15, -0.1) is 0 Å². The third-order valence-corrected chi connectivity index (χ3v) is 1.71. The van der Waals surface area contributed by atoms with Crippen LogP contribution in [0.3, 0.4) is 0 Å². The van der Waals surface area contributed by atoms with Gasteiger partial charge in [0.2, 0.25) is 0 Å². The van der Waals surface area contributed by atoms with Crippen molar-refractivity contribution in [3.8, 4) is 17.9 Å². The molecule has 0 aliphatic carbocycles. The van der Waals surface area contributed by atoms with E-state index in [2.05, 4.69) is 11.8 Å². The Morgan fingerprint density at radius 1 is 1.50 bits per heavy atom. The lowest BCUT2D eigenvalue weighted by Gasteiger charge is -2.00. The van der Waals surface area contributed by atoms with Crippen molar-refractivity contribution in [2.24, 2.45) is 0 Å². The fourth-order valence-electron chi connectivity index (χ4n) is 0.991. The summed E-state index contributed by atoms with van der Waals surface area (Å²) in [6, 6.07) is 6.53. The first-order valence-corrected chi connectivity index (χ1v) is 3.95. The Morgan fingerprint density at radius 3 is 2.71 bits per heavy atom. The van der Waals surface area contributed by atoms with Gasteiger partial charge in [-0.25, -0.2) is 0 Å². The molecule has 0 saturated heterocycles. The molecule has 1 aromatic rings. The standard InChI is InChI=1S/C11H8N2O/c1-8(14)10-5-4-9(3-2-6-12)11(13)7-10/h4-5,7H,13H2,1H3. The van der Waals surface area contributed by atoms with Crippen LogP contribution < -0.4 is 5.73 Å². The molecule has 0 unspecified atom stereocenters. The SMILES string of the molecule is CC(=O)c1ccc(C#CC#N)c(N)c1. The fraction of sp³-hybridized carbons (Fsp3) is 0.0909. The normalized spacial score (nSPS) is 8.29. The molecule has 14 heavy (non-hydrogen) atoms. The van der Waals surface area contributed by atoms with Gasteiger partial charge >= 0.3 is 0 Å². The van der Waals surface area contributed by atoms with Crippen LogP contribution in [0.15, 0.2) is 18.2 Å². The van der Waals surface area contributed by atoms with E-state index in [-0.39, 0.29) is 5.78 Å². The zero-order chi connectivity index (χ0) is 10.6. The number of hydrogen-bond acceptors (Lipinski definition) is 3. The molecule has 0 heterocycles. The van der Waals surface area contributed by atoms with Crippen molar-refractivity contribution in [1.29, 1.82) is 5.26 Å². The molecule has 0 aliphatic heterocycles. The van der Waals surface area contributed by atoms with Gasteiger partial charge in [-0.1, -0.05) is 6.07 Å². The second-order valence-electron chi connectivity index (χ2n) is 2.72. The number of hydrogen-bond donors (Lipinski definition) is 1. The second kappa shape index (κ2) is 4.11. The van der Waals surface area contributed by atoms with Crippen molar-refractivity contribution in [3.63, 3.8) is 0 Å². The minimum absolute atomic E-state index is 0.0449. The summed E-state index contributed by atoms with van der Waals surface area (Å²) in [4.78, 5) is 11.0. The highest BCUT2D eigenvalue weighted by Gasteiger charge is 2.01. The highest BCUT2D eigenvalue weighted by Crippen LogP contribution is 2.13. The number of nitriles is 1. The second-order valence-corrected chi connectivity index (χ2v) is 2.72. The Morgan fingerprint density at radius 2 is 2.21 bits per heavy atom. The Balaban J connectivity index is 3.15. The highest BCUT2D eigenvalue weighted by atomic mass is 16.1. The molecular formula is C11H8N2O. The molecule has 0 fully saturated rings. The van der Waals surface area contributed by atoms with Crippen LogP contribution in [0.1, 0.15) is 22.8 Å². The van der Waals surface area contributed by atoms with Crippen molar-refractivity contribution in [2.45, 2.75) is 6.92 Å². The topological polar surface area (TPSA) is 66.9 Å². The van der Waals surface area contributed by atoms with Gasteiger partial charge in [0.1, 0.15) is 0 Å². The molecule has 2 N–H and O–H groups in total. The van der Waals surface area contributed by atoms with Crippen LogP contribution >= 0.6 is 0 Å². The Bertz CT molecular complexity index is 472. The largest absolute Gasteiger partial charge is 0.398 e. The van der Waals surface area contributed by atoms with Crippen LogP contribution in [0.4, 0.5) is 5.69 Å². The molecule has 3 heteroatoms. The van der Waals surface area contributed by atoms with Crippen molar-refractivity contribution in [2.75, 3.05) is 5.73 Å². The lowest BCUT2D eigenvalue weighted by molar-refractivity contribution is 0.101. The van der Waals surface area contributed by atoms with E-state index in [4.69, 9.17) is 11.0 Å². The molecule has 3 nitrogen and oxygen atoms in total. The number of Topliss-reactive ketones (excluding diaryl/α,β-unsaturated/α-hetero) is 1. The summed E-state index contributed by atoms with van der Waals surface area (Å²) < 4.78 is 0. The van der Waals surface area contributed by atoms with E-state index in [1.54, 1.807) is 24.3 Å².